The summed E-state index contributed by atoms with van der Waals surface area (Å²) in [7, 11) is 0. The van der Waals surface area contributed by atoms with E-state index in [0.717, 1.165) is 17.0 Å². The van der Waals surface area contributed by atoms with Gasteiger partial charge in [-0.1, -0.05) is 48.6 Å². The Hall–Kier alpha value is -1.83. The largest absolute Gasteiger partial charge is 0.374 e. The highest BCUT2D eigenvalue weighted by molar-refractivity contribution is 7.15. The Labute approximate surface area is 146 Å². The predicted octanol–water partition coefficient (Wildman–Crippen LogP) is 3.01. The number of Topliss-reactive ketones (excluding diaryl/α,β-unsaturated/α-hetero) is 1. The van der Waals surface area contributed by atoms with E-state index >= 15 is 0 Å². The smallest absolute Gasteiger partial charge is 0.203 e. The second-order valence-electron chi connectivity index (χ2n) is 5.87. The van der Waals surface area contributed by atoms with Crippen LogP contribution in [0.3, 0.4) is 0 Å². The molecule has 0 aliphatic carbocycles. The molecule has 6 nitrogen and oxygen atoms in total. The lowest BCUT2D eigenvalue weighted by atomic mass is 9.88. The molecule has 2 aromatic rings. The number of rotatable bonds is 3. The Kier molecular flexibility index (Phi) is 6.42. The van der Waals surface area contributed by atoms with Crippen LogP contribution in [0, 0.1) is 5.41 Å². The van der Waals surface area contributed by atoms with Crippen molar-refractivity contribution < 1.29 is 14.3 Å². The summed E-state index contributed by atoms with van der Waals surface area (Å²) in [6.07, 6.45) is 0.586. The van der Waals surface area contributed by atoms with Gasteiger partial charge in [0, 0.05) is 5.56 Å². The van der Waals surface area contributed by atoms with E-state index < -0.39 is 5.41 Å². The van der Waals surface area contributed by atoms with Crippen molar-refractivity contribution >= 4 is 22.3 Å². The average molecular weight is 349 g/mol. The van der Waals surface area contributed by atoms with Crippen molar-refractivity contribution in [2.75, 3.05) is 18.9 Å². The van der Waals surface area contributed by atoms with Gasteiger partial charge < -0.3 is 15.2 Å². The molecular weight excluding hydrogens is 326 g/mol. The number of carbonyl (C=O) groups excluding carboxylic acids is 1. The van der Waals surface area contributed by atoms with Gasteiger partial charge in [-0.05, 0) is 20.3 Å². The minimum absolute atomic E-state index is 0.110. The SMILES string of the molecule is CC(=O)C1(C)COC(c2ccccc2)OC1.CCc1nnc(N)s1. The van der Waals surface area contributed by atoms with Gasteiger partial charge in [0.2, 0.25) is 5.13 Å². The molecule has 0 bridgehead atoms. The number of aromatic nitrogens is 2. The zero-order valence-electron chi connectivity index (χ0n) is 14.2. The lowest BCUT2D eigenvalue weighted by Crippen LogP contribution is -2.41. The zero-order chi connectivity index (χ0) is 17.6. The number of anilines is 1. The van der Waals surface area contributed by atoms with Crippen molar-refractivity contribution in [2.24, 2.45) is 5.41 Å². The van der Waals surface area contributed by atoms with Crippen molar-refractivity contribution in [1.29, 1.82) is 0 Å². The maximum absolute atomic E-state index is 11.4. The molecule has 130 valence electrons. The maximum Gasteiger partial charge on any atom is 0.203 e. The molecule has 0 radical (unpaired) electrons. The number of aryl methyl sites for hydroxylation is 1. The van der Waals surface area contributed by atoms with E-state index in [1.807, 2.05) is 44.2 Å². The molecule has 0 amide bonds. The monoisotopic (exact) mass is 349 g/mol. The van der Waals surface area contributed by atoms with Gasteiger partial charge in [0.15, 0.2) is 6.29 Å². The first-order chi connectivity index (χ1) is 11.4. The van der Waals surface area contributed by atoms with Gasteiger partial charge in [0.25, 0.3) is 0 Å². The maximum atomic E-state index is 11.4. The van der Waals surface area contributed by atoms with E-state index in [1.54, 1.807) is 6.92 Å². The van der Waals surface area contributed by atoms with Crippen LogP contribution < -0.4 is 5.73 Å². The first-order valence-electron chi connectivity index (χ1n) is 7.81. The summed E-state index contributed by atoms with van der Waals surface area (Å²) >= 11 is 1.44. The first kappa shape index (κ1) is 18.5. The summed E-state index contributed by atoms with van der Waals surface area (Å²) < 4.78 is 11.2. The minimum atomic E-state index is -0.495. The number of carbonyl (C=O) groups is 1. The minimum Gasteiger partial charge on any atom is -0.374 e. The summed E-state index contributed by atoms with van der Waals surface area (Å²) in [4.78, 5) is 11.4. The van der Waals surface area contributed by atoms with Gasteiger partial charge in [0.05, 0.1) is 18.6 Å². The highest BCUT2D eigenvalue weighted by Gasteiger charge is 2.37. The highest BCUT2D eigenvalue weighted by atomic mass is 32.1. The second-order valence-corrected chi connectivity index (χ2v) is 6.96. The summed E-state index contributed by atoms with van der Waals surface area (Å²) in [5.41, 5.74) is 5.80. The molecule has 0 spiro atoms. The van der Waals surface area contributed by atoms with Gasteiger partial charge in [-0.2, -0.15) is 0 Å². The van der Waals surface area contributed by atoms with Gasteiger partial charge in [-0.3, -0.25) is 4.79 Å². The average Bonchev–Trinajstić information content (AvgIpc) is 3.02. The fraction of sp³-hybridized carbons (Fsp3) is 0.471. The van der Waals surface area contributed by atoms with Gasteiger partial charge in [0.1, 0.15) is 10.8 Å². The molecule has 1 aromatic heterocycles. The van der Waals surface area contributed by atoms with E-state index in [-0.39, 0.29) is 12.1 Å². The van der Waals surface area contributed by atoms with Crippen molar-refractivity contribution in [1.82, 2.24) is 10.2 Å². The molecule has 0 unspecified atom stereocenters. The van der Waals surface area contributed by atoms with E-state index in [9.17, 15) is 4.79 Å². The van der Waals surface area contributed by atoms with Gasteiger partial charge in [-0.15, -0.1) is 10.2 Å². The Balaban J connectivity index is 0.000000219. The molecule has 0 saturated carbocycles. The van der Waals surface area contributed by atoms with Crippen LogP contribution in [0.5, 0.6) is 0 Å². The standard InChI is InChI=1S/C13H16O3.C4H7N3S/c1-10(14)13(2)8-15-12(16-9-13)11-6-4-3-5-7-11;1-2-3-6-7-4(5)8-3/h3-7,12H,8-9H2,1-2H3;2H2,1H3,(H2,5,7). The summed E-state index contributed by atoms with van der Waals surface area (Å²) in [5, 5.41) is 8.97. The number of benzene rings is 1. The predicted molar refractivity (Wildman–Crippen MR) is 93.6 cm³/mol. The number of ether oxygens (including phenoxy) is 2. The molecule has 1 fully saturated rings. The summed E-state index contributed by atoms with van der Waals surface area (Å²) in [6, 6.07) is 9.76. The number of nitrogen functional groups attached to an aromatic ring is 1. The zero-order valence-corrected chi connectivity index (χ0v) is 15.0. The molecule has 1 saturated heterocycles. The summed E-state index contributed by atoms with van der Waals surface area (Å²) in [5.74, 6) is 0.110. The van der Waals surface area contributed by atoms with E-state index in [0.29, 0.717) is 18.3 Å². The quantitative estimate of drug-likeness (QED) is 0.916. The Morgan fingerprint density at radius 1 is 1.29 bits per heavy atom. The van der Waals surface area contributed by atoms with E-state index in [1.165, 1.54) is 11.3 Å². The van der Waals surface area contributed by atoms with Gasteiger partial charge >= 0.3 is 0 Å². The molecule has 24 heavy (non-hydrogen) atoms. The fourth-order valence-electron chi connectivity index (χ4n) is 2.02. The number of hydrogen-bond donors (Lipinski definition) is 1. The number of ketones is 1. The molecule has 1 aromatic carbocycles. The van der Waals surface area contributed by atoms with Crippen LogP contribution in [-0.4, -0.2) is 29.2 Å². The fourth-order valence-corrected chi connectivity index (χ4v) is 2.57. The lowest BCUT2D eigenvalue weighted by molar-refractivity contribution is -0.226. The first-order valence-corrected chi connectivity index (χ1v) is 8.63. The molecule has 1 aliphatic rings. The van der Waals surface area contributed by atoms with Crippen molar-refractivity contribution in [3.8, 4) is 0 Å². The van der Waals surface area contributed by atoms with Crippen LogP contribution in [0.4, 0.5) is 5.13 Å². The van der Waals surface area contributed by atoms with Crippen molar-refractivity contribution in [3.63, 3.8) is 0 Å². The molecule has 7 heteroatoms. The van der Waals surface area contributed by atoms with Crippen LogP contribution in [0.15, 0.2) is 30.3 Å². The van der Waals surface area contributed by atoms with Crippen LogP contribution >= 0.6 is 11.3 Å². The number of hydrogen-bond acceptors (Lipinski definition) is 7. The van der Waals surface area contributed by atoms with Gasteiger partial charge in [-0.25, -0.2) is 0 Å². The molecule has 0 atom stereocenters. The lowest BCUT2D eigenvalue weighted by Gasteiger charge is -2.35. The second kappa shape index (κ2) is 8.32. The van der Waals surface area contributed by atoms with Crippen LogP contribution in [0.1, 0.15) is 37.6 Å². The molecular formula is C17H23N3O3S. The molecule has 3 rings (SSSR count). The van der Waals surface area contributed by atoms with E-state index in [4.69, 9.17) is 15.2 Å². The Morgan fingerprint density at radius 2 is 1.92 bits per heavy atom. The van der Waals surface area contributed by atoms with Crippen LogP contribution in [-0.2, 0) is 20.7 Å². The molecule has 2 N–H and O–H groups in total. The number of nitrogens with two attached hydrogens (primary N) is 1. The molecule has 1 aliphatic heterocycles. The summed E-state index contributed by atoms with van der Waals surface area (Å²) in [6.45, 7) is 6.32. The van der Waals surface area contributed by atoms with Crippen LogP contribution in [0.25, 0.3) is 0 Å². The van der Waals surface area contributed by atoms with Crippen LogP contribution in [0.2, 0.25) is 0 Å². The Bertz CT molecular complexity index is 652. The topological polar surface area (TPSA) is 87.3 Å². The van der Waals surface area contributed by atoms with E-state index in [2.05, 4.69) is 10.2 Å². The van der Waals surface area contributed by atoms with Crippen molar-refractivity contribution in [2.45, 2.75) is 33.5 Å². The normalized spacial score (nSPS) is 23.2. The van der Waals surface area contributed by atoms with Crippen molar-refractivity contribution in [3.05, 3.63) is 40.9 Å². The Morgan fingerprint density at radius 3 is 2.33 bits per heavy atom. The third-order valence-corrected chi connectivity index (χ3v) is 4.71. The highest BCUT2D eigenvalue weighted by Crippen LogP contribution is 2.31. The third-order valence-electron chi connectivity index (χ3n) is 3.81. The number of nitrogens with zero attached hydrogens (tertiary/aromatic N) is 2. The third kappa shape index (κ3) is 4.83. The molecule has 2 heterocycles.